The minimum atomic E-state index is -0.0140. The molecule has 1 aromatic rings. The van der Waals surface area contributed by atoms with Crippen LogP contribution in [0.1, 0.15) is 19.8 Å². The Kier molecular flexibility index (Phi) is 3.11. The first-order chi connectivity index (χ1) is 7.31. The molecule has 2 rings (SSSR count). The summed E-state index contributed by atoms with van der Waals surface area (Å²) in [6.45, 7) is 2.68. The summed E-state index contributed by atoms with van der Waals surface area (Å²) in [5.41, 5.74) is 6.01. The van der Waals surface area contributed by atoms with Crippen LogP contribution in [-0.4, -0.2) is 18.8 Å². The lowest BCUT2D eigenvalue weighted by Crippen LogP contribution is -2.44. The molecule has 2 N–H and O–H groups in total. The summed E-state index contributed by atoms with van der Waals surface area (Å²) >= 11 is 0. The van der Waals surface area contributed by atoms with Crippen LogP contribution in [0.4, 0.5) is 0 Å². The molecule has 0 radical (unpaired) electrons. The Balaban J connectivity index is 2.05. The Hall–Kier alpha value is -1.22. The van der Waals surface area contributed by atoms with Crippen LogP contribution in [0.3, 0.4) is 0 Å². The quantitative estimate of drug-likeness (QED) is 0.824. The molecule has 0 saturated carbocycles. The molecule has 0 saturated heterocycles. The predicted molar refractivity (Wildman–Crippen MR) is 59.2 cm³/mol. The second-order valence-corrected chi connectivity index (χ2v) is 3.87. The van der Waals surface area contributed by atoms with Gasteiger partial charge in [-0.1, -0.05) is 25.5 Å². The summed E-state index contributed by atoms with van der Waals surface area (Å²) in [6.07, 6.45) is 2.03. The fraction of sp³-hybridized carbons (Fsp3) is 0.500. The van der Waals surface area contributed by atoms with E-state index in [1.807, 2.05) is 24.3 Å². The molecule has 1 unspecified atom stereocenters. The van der Waals surface area contributed by atoms with E-state index in [2.05, 4.69) is 6.92 Å². The van der Waals surface area contributed by atoms with Crippen molar-refractivity contribution in [1.29, 1.82) is 0 Å². The normalized spacial score (nSPS) is 21.1. The number of hydrogen-bond acceptors (Lipinski definition) is 3. The highest BCUT2D eigenvalue weighted by molar-refractivity contribution is 5.40. The zero-order valence-corrected chi connectivity index (χ0v) is 8.98. The van der Waals surface area contributed by atoms with E-state index in [0.717, 1.165) is 24.3 Å². The number of rotatable bonds is 3. The number of hydrogen-bond donors (Lipinski definition) is 1. The maximum atomic E-state index is 6.01. The van der Waals surface area contributed by atoms with Crippen LogP contribution >= 0.6 is 0 Å². The lowest BCUT2D eigenvalue weighted by molar-refractivity contribution is 0.0699. The Morgan fingerprint density at radius 3 is 2.87 bits per heavy atom. The second kappa shape index (κ2) is 4.53. The Morgan fingerprint density at radius 1 is 1.40 bits per heavy atom. The Labute approximate surface area is 90.2 Å². The molecule has 2 atom stereocenters. The highest BCUT2D eigenvalue weighted by atomic mass is 16.6. The van der Waals surface area contributed by atoms with Gasteiger partial charge >= 0.3 is 0 Å². The van der Waals surface area contributed by atoms with Crippen molar-refractivity contribution in [2.24, 2.45) is 5.73 Å². The smallest absolute Gasteiger partial charge is 0.161 e. The Bertz CT molecular complexity index is 327. The van der Waals surface area contributed by atoms with Crippen molar-refractivity contribution in [3.05, 3.63) is 24.3 Å². The van der Waals surface area contributed by atoms with E-state index in [4.69, 9.17) is 15.2 Å². The SMILES string of the molecule is CCC[C@H](N)C1COc2ccccc2O1. The van der Waals surface area contributed by atoms with Crippen LogP contribution in [-0.2, 0) is 0 Å². The highest BCUT2D eigenvalue weighted by Gasteiger charge is 2.25. The lowest BCUT2D eigenvalue weighted by atomic mass is 10.1. The minimum absolute atomic E-state index is 0.0140. The average Bonchev–Trinajstić information content (AvgIpc) is 2.29. The lowest BCUT2D eigenvalue weighted by Gasteiger charge is -2.30. The van der Waals surface area contributed by atoms with Gasteiger partial charge in [-0.2, -0.15) is 0 Å². The molecule has 1 aliphatic rings. The molecule has 82 valence electrons. The van der Waals surface area contributed by atoms with Gasteiger partial charge in [-0.15, -0.1) is 0 Å². The summed E-state index contributed by atoms with van der Waals surface area (Å²) in [7, 11) is 0. The molecule has 3 nitrogen and oxygen atoms in total. The fourth-order valence-electron chi connectivity index (χ4n) is 1.77. The van der Waals surface area contributed by atoms with E-state index < -0.39 is 0 Å². The van der Waals surface area contributed by atoms with Gasteiger partial charge in [-0.25, -0.2) is 0 Å². The number of ether oxygens (including phenoxy) is 2. The molecule has 1 aromatic carbocycles. The zero-order valence-electron chi connectivity index (χ0n) is 8.98. The van der Waals surface area contributed by atoms with Gasteiger partial charge in [-0.3, -0.25) is 0 Å². The van der Waals surface area contributed by atoms with Gasteiger partial charge in [0.05, 0.1) is 0 Å². The van der Waals surface area contributed by atoms with Crippen molar-refractivity contribution in [3.63, 3.8) is 0 Å². The van der Waals surface area contributed by atoms with Gasteiger partial charge in [0.25, 0.3) is 0 Å². The van der Waals surface area contributed by atoms with Crippen LogP contribution in [0.25, 0.3) is 0 Å². The highest BCUT2D eigenvalue weighted by Crippen LogP contribution is 2.31. The standard InChI is InChI=1S/C12H17NO2/c1-2-5-9(13)12-8-14-10-6-3-4-7-11(10)15-12/h3-4,6-7,9,12H,2,5,8,13H2,1H3/t9-,12?/m0/s1. The molecule has 0 fully saturated rings. The summed E-state index contributed by atoms with van der Waals surface area (Å²) in [4.78, 5) is 0. The van der Waals surface area contributed by atoms with E-state index in [1.165, 1.54) is 0 Å². The third-order valence-electron chi connectivity index (χ3n) is 2.63. The topological polar surface area (TPSA) is 44.5 Å². The third-order valence-corrected chi connectivity index (χ3v) is 2.63. The maximum Gasteiger partial charge on any atom is 0.161 e. The molecular weight excluding hydrogens is 190 g/mol. The molecule has 0 bridgehead atoms. The van der Waals surface area contributed by atoms with Crippen molar-refractivity contribution in [3.8, 4) is 11.5 Å². The van der Waals surface area contributed by atoms with E-state index >= 15 is 0 Å². The van der Waals surface area contributed by atoms with Crippen molar-refractivity contribution in [2.45, 2.75) is 31.9 Å². The summed E-state index contributed by atoms with van der Waals surface area (Å²) in [6, 6.07) is 7.77. The molecule has 15 heavy (non-hydrogen) atoms. The number of benzene rings is 1. The summed E-state index contributed by atoms with van der Waals surface area (Å²) < 4.78 is 11.4. The molecular formula is C12H17NO2. The zero-order chi connectivity index (χ0) is 10.7. The first-order valence-electron chi connectivity index (χ1n) is 5.45. The molecule has 0 amide bonds. The Morgan fingerprint density at radius 2 is 2.13 bits per heavy atom. The molecule has 0 aromatic heterocycles. The first-order valence-corrected chi connectivity index (χ1v) is 5.45. The molecule has 1 aliphatic heterocycles. The van der Waals surface area contributed by atoms with E-state index in [0.29, 0.717) is 6.61 Å². The molecule has 0 aliphatic carbocycles. The van der Waals surface area contributed by atoms with Gasteiger partial charge in [0.2, 0.25) is 0 Å². The molecule has 1 heterocycles. The van der Waals surface area contributed by atoms with Crippen LogP contribution < -0.4 is 15.2 Å². The second-order valence-electron chi connectivity index (χ2n) is 3.87. The number of fused-ring (bicyclic) bond motifs is 1. The van der Waals surface area contributed by atoms with E-state index in [1.54, 1.807) is 0 Å². The molecule has 3 heteroatoms. The van der Waals surface area contributed by atoms with Crippen molar-refractivity contribution in [1.82, 2.24) is 0 Å². The first kappa shape index (κ1) is 10.3. The van der Waals surface area contributed by atoms with Gasteiger partial charge in [-0.05, 0) is 18.6 Å². The van der Waals surface area contributed by atoms with Crippen molar-refractivity contribution in [2.75, 3.05) is 6.61 Å². The third kappa shape index (κ3) is 2.23. The van der Waals surface area contributed by atoms with Gasteiger partial charge in [0, 0.05) is 6.04 Å². The van der Waals surface area contributed by atoms with Gasteiger partial charge < -0.3 is 15.2 Å². The van der Waals surface area contributed by atoms with Crippen LogP contribution in [0.15, 0.2) is 24.3 Å². The molecule has 0 spiro atoms. The minimum Gasteiger partial charge on any atom is -0.486 e. The van der Waals surface area contributed by atoms with Gasteiger partial charge in [0.1, 0.15) is 12.7 Å². The van der Waals surface area contributed by atoms with E-state index in [-0.39, 0.29) is 12.1 Å². The van der Waals surface area contributed by atoms with Crippen LogP contribution in [0.2, 0.25) is 0 Å². The summed E-state index contributed by atoms with van der Waals surface area (Å²) in [5, 5.41) is 0. The van der Waals surface area contributed by atoms with Crippen LogP contribution in [0, 0.1) is 0 Å². The van der Waals surface area contributed by atoms with Gasteiger partial charge in [0.15, 0.2) is 11.5 Å². The largest absolute Gasteiger partial charge is 0.486 e. The summed E-state index contributed by atoms with van der Waals surface area (Å²) in [5.74, 6) is 1.62. The predicted octanol–water partition coefficient (Wildman–Crippen LogP) is 1.95. The average molecular weight is 207 g/mol. The fourth-order valence-corrected chi connectivity index (χ4v) is 1.77. The number of para-hydroxylation sites is 2. The van der Waals surface area contributed by atoms with E-state index in [9.17, 15) is 0 Å². The maximum absolute atomic E-state index is 6.01. The monoisotopic (exact) mass is 207 g/mol. The van der Waals surface area contributed by atoms with Crippen molar-refractivity contribution >= 4 is 0 Å². The van der Waals surface area contributed by atoms with Crippen LogP contribution in [0.5, 0.6) is 11.5 Å². The van der Waals surface area contributed by atoms with Crippen molar-refractivity contribution < 1.29 is 9.47 Å². The number of nitrogens with two attached hydrogens (primary N) is 1.